The van der Waals surface area contributed by atoms with Crippen LogP contribution in [-0.4, -0.2) is 50.8 Å². The quantitative estimate of drug-likeness (QED) is 0.392. The zero-order valence-electron chi connectivity index (χ0n) is 20.0. The van der Waals surface area contributed by atoms with E-state index in [1.54, 1.807) is 24.7 Å². The third-order valence-electron chi connectivity index (χ3n) is 6.09. The molecule has 2 aromatic heterocycles. The van der Waals surface area contributed by atoms with Crippen LogP contribution in [0.1, 0.15) is 49.9 Å². The van der Waals surface area contributed by atoms with Crippen LogP contribution in [0.3, 0.4) is 0 Å². The SMILES string of the molecule is CC1c2cnc(-c3ncccn3)nc2CCN1c1cc(F)c(F)c(OCCCCCCNC(=O)O)c1. The molecule has 0 fully saturated rings. The molecule has 1 aliphatic rings. The summed E-state index contributed by atoms with van der Waals surface area (Å²) < 4.78 is 34.5. The maximum absolute atomic E-state index is 14.5. The fraction of sp³-hybridized carbons (Fsp3) is 0.400. The molecule has 3 aromatic rings. The van der Waals surface area contributed by atoms with Crippen LogP contribution in [-0.2, 0) is 6.42 Å². The number of hydrogen-bond acceptors (Lipinski definition) is 7. The number of hydrogen-bond donors (Lipinski definition) is 2. The molecule has 1 aromatic carbocycles. The van der Waals surface area contributed by atoms with Gasteiger partial charge in [0.25, 0.3) is 0 Å². The van der Waals surface area contributed by atoms with E-state index >= 15 is 0 Å². The van der Waals surface area contributed by atoms with E-state index in [9.17, 15) is 13.6 Å². The molecule has 1 amide bonds. The second kappa shape index (κ2) is 11.7. The molecule has 1 unspecified atom stereocenters. The molecule has 0 radical (unpaired) electrons. The van der Waals surface area contributed by atoms with E-state index in [-0.39, 0.29) is 18.4 Å². The standard InChI is InChI=1S/C25H28F2N6O3/c1-16-18-15-31-24(23-28-9-6-10-29-23)32-20(18)7-11-33(16)17-13-19(26)22(27)21(14-17)36-12-5-3-2-4-8-30-25(34)35/h6,9-10,13-16,30H,2-5,7-8,11-12H2,1H3,(H,34,35). The van der Waals surface area contributed by atoms with Gasteiger partial charge in [0.15, 0.2) is 23.2 Å². The number of amides is 1. The van der Waals surface area contributed by atoms with Gasteiger partial charge in [0, 0.05) is 61.5 Å². The van der Waals surface area contributed by atoms with E-state index in [2.05, 4.69) is 25.3 Å². The van der Waals surface area contributed by atoms with Gasteiger partial charge >= 0.3 is 6.09 Å². The highest BCUT2D eigenvalue weighted by Crippen LogP contribution is 2.36. The van der Waals surface area contributed by atoms with E-state index in [0.717, 1.165) is 24.1 Å². The minimum Gasteiger partial charge on any atom is -0.490 e. The Labute approximate surface area is 207 Å². The van der Waals surface area contributed by atoms with Crippen LogP contribution < -0.4 is 15.0 Å². The molecule has 0 spiro atoms. The summed E-state index contributed by atoms with van der Waals surface area (Å²) >= 11 is 0. The number of carbonyl (C=O) groups is 1. The molecule has 0 bridgehead atoms. The minimum atomic E-state index is -1.04. The largest absolute Gasteiger partial charge is 0.490 e. The van der Waals surface area contributed by atoms with Crippen molar-refractivity contribution in [2.45, 2.75) is 45.1 Å². The Kier molecular flexibility index (Phi) is 8.19. The van der Waals surface area contributed by atoms with Crippen LogP contribution in [0.4, 0.5) is 19.3 Å². The summed E-state index contributed by atoms with van der Waals surface area (Å²) in [6, 6.07) is 4.29. The number of halogens is 2. The summed E-state index contributed by atoms with van der Waals surface area (Å²) in [6.45, 7) is 3.17. The molecular formula is C25H28F2N6O3. The second-order valence-electron chi connectivity index (χ2n) is 8.52. The summed E-state index contributed by atoms with van der Waals surface area (Å²) in [5, 5.41) is 10.9. The van der Waals surface area contributed by atoms with Crippen molar-refractivity contribution in [1.82, 2.24) is 25.3 Å². The minimum absolute atomic E-state index is 0.122. The maximum Gasteiger partial charge on any atom is 0.404 e. The predicted molar refractivity (Wildman–Crippen MR) is 129 cm³/mol. The van der Waals surface area contributed by atoms with Gasteiger partial charge in [-0.25, -0.2) is 29.1 Å². The zero-order chi connectivity index (χ0) is 25.5. The second-order valence-corrected chi connectivity index (χ2v) is 8.52. The highest BCUT2D eigenvalue weighted by atomic mass is 19.2. The van der Waals surface area contributed by atoms with E-state index in [1.807, 2.05) is 11.8 Å². The van der Waals surface area contributed by atoms with Gasteiger partial charge in [-0.1, -0.05) is 12.8 Å². The average molecular weight is 499 g/mol. The van der Waals surface area contributed by atoms with Crippen molar-refractivity contribution in [3.63, 3.8) is 0 Å². The van der Waals surface area contributed by atoms with E-state index < -0.39 is 17.7 Å². The van der Waals surface area contributed by atoms with Gasteiger partial charge in [0.1, 0.15) is 0 Å². The van der Waals surface area contributed by atoms with Gasteiger partial charge in [-0.2, -0.15) is 4.39 Å². The lowest BCUT2D eigenvalue weighted by Gasteiger charge is -2.36. The number of fused-ring (bicyclic) bond motifs is 1. The lowest BCUT2D eigenvalue weighted by atomic mass is 9.98. The fourth-order valence-electron chi connectivity index (χ4n) is 4.22. The number of nitrogens with zero attached hydrogens (tertiary/aromatic N) is 5. The first-order valence-electron chi connectivity index (χ1n) is 11.9. The number of benzene rings is 1. The Morgan fingerprint density at radius 1 is 1.14 bits per heavy atom. The van der Waals surface area contributed by atoms with Gasteiger partial charge in [0.2, 0.25) is 5.82 Å². The fourth-order valence-corrected chi connectivity index (χ4v) is 4.22. The normalized spacial score (nSPS) is 14.9. The summed E-state index contributed by atoms with van der Waals surface area (Å²) in [7, 11) is 0. The lowest BCUT2D eigenvalue weighted by Crippen LogP contribution is -2.35. The summed E-state index contributed by atoms with van der Waals surface area (Å²) in [5.41, 5.74) is 2.32. The van der Waals surface area contributed by atoms with E-state index in [0.29, 0.717) is 49.7 Å². The molecule has 9 nitrogen and oxygen atoms in total. The van der Waals surface area contributed by atoms with Crippen LogP contribution in [0, 0.1) is 11.6 Å². The zero-order valence-corrected chi connectivity index (χ0v) is 20.0. The van der Waals surface area contributed by atoms with Crippen molar-refractivity contribution in [2.75, 3.05) is 24.6 Å². The third kappa shape index (κ3) is 6.02. The smallest absolute Gasteiger partial charge is 0.404 e. The van der Waals surface area contributed by atoms with Crippen LogP contribution in [0.2, 0.25) is 0 Å². The molecule has 1 aliphatic heterocycles. The van der Waals surface area contributed by atoms with Gasteiger partial charge in [0.05, 0.1) is 18.3 Å². The number of carboxylic acid groups (broad SMARTS) is 1. The Balaban J connectivity index is 1.40. The van der Waals surface area contributed by atoms with Gasteiger partial charge in [-0.15, -0.1) is 0 Å². The van der Waals surface area contributed by atoms with Crippen LogP contribution in [0.25, 0.3) is 11.6 Å². The first-order chi connectivity index (χ1) is 17.4. The van der Waals surface area contributed by atoms with Crippen molar-refractivity contribution in [3.05, 3.63) is 59.7 Å². The van der Waals surface area contributed by atoms with Crippen molar-refractivity contribution in [2.24, 2.45) is 0 Å². The number of ether oxygens (including phenoxy) is 1. The molecule has 3 heterocycles. The summed E-state index contributed by atoms with van der Waals surface area (Å²) in [5.74, 6) is -1.19. The Bertz CT molecular complexity index is 1200. The van der Waals surface area contributed by atoms with Crippen molar-refractivity contribution in [3.8, 4) is 17.4 Å². The Morgan fingerprint density at radius 2 is 1.92 bits per heavy atom. The molecule has 11 heteroatoms. The molecule has 36 heavy (non-hydrogen) atoms. The molecule has 0 saturated carbocycles. The highest BCUT2D eigenvalue weighted by Gasteiger charge is 2.28. The van der Waals surface area contributed by atoms with Gasteiger partial charge < -0.3 is 20.1 Å². The van der Waals surface area contributed by atoms with Crippen LogP contribution >= 0.6 is 0 Å². The average Bonchev–Trinajstić information content (AvgIpc) is 2.88. The van der Waals surface area contributed by atoms with Crippen LogP contribution in [0.5, 0.6) is 5.75 Å². The molecular weight excluding hydrogens is 470 g/mol. The van der Waals surface area contributed by atoms with Crippen molar-refractivity contribution >= 4 is 11.8 Å². The number of nitrogens with one attached hydrogen (secondary N) is 1. The monoisotopic (exact) mass is 498 g/mol. The highest BCUT2D eigenvalue weighted by molar-refractivity contribution is 5.64. The first kappa shape index (κ1) is 25.2. The molecule has 1 atom stereocenters. The summed E-state index contributed by atoms with van der Waals surface area (Å²) in [6.07, 6.45) is 7.55. The first-order valence-corrected chi connectivity index (χ1v) is 11.9. The van der Waals surface area contributed by atoms with Crippen molar-refractivity contribution in [1.29, 1.82) is 0 Å². The van der Waals surface area contributed by atoms with Crippen LogP contribution in [0.15, 0.2) is 36.8 Å². The number of unbranched alkanes of at least 4 members (excludes halogenated alkanes) is 3. The van der Waals surface area contributed by atoms with Gasteiger partial charge in [-0.05, 0) is 25.8 Å². The number of aromatic nitrogens is 4. The molecule has 0 aliphatic carbocycles. The van der Waals surface area contributed by atoms with Crippen molar-refractivity contribution < 1.29 is 23.4 Å². The number of anilines is 1. The number of rotatable bonds is 10. The molecule has 0 saturated heterocycles. The maximum atomic E-state index is 14.5. The Hall–Kier alpha value is -3.89. The molecule has 190 valence electrons. The molecule has 2 N–H and O–H groups in total. The third-order valence-corrected chi connectivity index (χ3v) is 6.09. The van der Waals surface area contributed by atoms with E-state index in [4.69, 9.17) is 9.84 Å². The predicted octanol–water partition coefficient (Wildman–Crippen LogP) is 4.54. The lowest BCUT2D eigenvalue weighted by molar-refractivity contribution is 0.194. The molecule has 4 rings (SSSR count). The summed E-state index contributed by atoms with van der Waals surface area (Å²) in [4.78, 5) is 29.9. The topological polar surface area (TPSA) is 113 Å². The Morgan fingerprint density at radius 3 is 2.69 bits per heavy atom. The van der Waals surface area contributed by atoms with Gasteiger partial charge in [-0.3, -0.25) is 0 Å². The van der Waals surface area contributed by atoms with E-state index in [1.165, 1.54) is 12.1 Å².